The van der Waals surface area contributed by atoms with Gasteiger partial charge in [-0.3, -0.25) is 9.59 Å². The van der Waals surface area contributed by atoms with Gasteiger partial charge in [0.15, 0.2) is 5.82 Å². The second-order valence-corrected chi connectivity index (χ2v) is 7.88. The monoisotopic (exact) mass is 384 g/mol. The average Bonchev–Trinajstić information content (AvgIpc) is 3.35. The van der Waals surface area contributed by atoms with Gasteiger partial charge in [0.05, 0.1) is 11.6 Å². The molecular weight excluding hydrogens is 359 g/mol. The number of likely N-dealkylation sites (tertiary alicyclic amines) is 1. The number of aryl methyl sites for hydroxylation is 2. The third kappa shape index (κ3) is 3.53. The van der Waals surface area contributed by atoms with Gasteiger partial charge in [-0.15, -0.1) is 0 Å². The van der Waals surface area contributed by atoms with E-state index in [0.29, 0.717) is 17.9 Å². The molecule has 0 bridgehead atoms. The number of benzene rings is 1. The van der Waals surface area contributed by atoms with Gasteiger partial charge < -0.3 is 10.2 Å². The van der Waals surface area contributed by atoms with Crippen molar-refractivity contribution in [1.82, 2.24) is 14.7 Å². The van der Waals surface area contributed by atoms with Crippen LogP contribution in [0.25, 0.3) is 5.69 Å². The van der Waals surface area contributed by atoms with Gasteiger partial charge in [0, 0.05) is 30.4 Å². The molecule has 1 saturated heterocycles. The Morgan fingerprint density at radius 2 is 1.96 bits per heavy atom. The molecule has 1 aromatic heterocycles. The van der Waals surface area contributed by atoms with Gasteiger partial charge in [0.25, 0.3) is 0 Å². The van der Waals surface area contributed by atoms with E-state index in [2.05, 4.69) is 10.4 Å². The summed E-state index contributed by atoms with van der Waals surface area (Å²) >= 11 is 0. The highest BCUT2D eigenvalue weighted by Crippen LogP contribution is 2.30. The minimum atomic E-state index is -0.459. The highest BCUT2D eigenvalue weighted by molar-refractivity contribution is 5.97. The summed E-state index contributed by atoms with van der Waals surface area (Å²) in [4.78, 5) is 26.8. The van der Waals surface area contributed by atoms with Gasteiger partial charge in [-0.1, -0.05) is 12.8 Å². The Morgan fingerprint density at radius 3 is 2.61 bits per heavy atom. The van der Waals surface area contributed by atoms with E-state index in [9.17, 15) is 14.0 Å². The third-order valence-corrected chi connectivity index (χ3v) is 5.75. The Balaban J connectivity index is 1.44. The first-order chi connectivity index (χ1) is 13.4. The van der Waals surface area contributed by atoms with Crippen LogP contribution in [0, 0.1) is 25.6 Å². The molecular formula is C21H25FN4O2. The Labute approximate surface area is 163 Å². The molecule has 148 valence electrons. The van der Waals surface area contributed by atoms with Crippen LogP contribution in [0.4, 0.5) is 10.1 Å². The Bertz CT molecular complexity index is 917. The summed E-state index contributed by atoms with van der Waals surface area (Å²) in [5, 5.41) is 7.06. The quantitative estimate of drug-likeness (QED) is 0.879. The SMILES string of the molecule is Cc1cc(C)n(-c2ccc(NC(=O)C3CC(=O)N(C4CCCC4)C3)cc2F)n1. The molecule has 1 aromatic carbocycles. The number of amides is 2. The first kappa shape index (κ1) is 18.7. The van der Waals surface area contributed by atoms with Crippen LogP contribution in [0.3, 0.4) is 0 Å². The van der Waals surface area contributed by atoms with Crippen molar-refractivity contribution >= 4 is 17.5 Å². The number of nitrogens with one attached hydrogen (secondary N) is 1. The highest BCUT2D eigenvalue weighted by atomic mass is 19.1. The van der Waals surface area contributed by atoms with Gasteiger partial charge in [-0.25, -0.2) is 9.07 Å². The van der Waals surface area contributed by atoms with Gasteiger partial charge in [0.1, 0.15) is 5.69 Å². The minimum absolute atomic E-state index is 0.0538. The van der Waals surface area contributed by atoms with Crippen LogP contribution in [0.2, 0.25) is 0 Å². The Kier molecular flexibility index (Phi) is 4.91. The maximum absolute atomic E-state index is 14.6. The Hall–Kier alpha value is -2.70. The first-order valence-electron chi connectivity index (χ1n) is 9.86. The fraction of sp³-hybridized carbons (Fsp3) is 0.476. The average molecular weight is 384 g/mol. The molecule has 2 fully saturated rings. The summed E-state index contributed by atoms with van der Waals surface area (Å²) in [6.07, 6.45) is 4.57. The molecule has 1 atom stereocenters. The molecule has 2 aliphatic rings. The van der Waals surface area contributed by atoms with E-state index in [4.69, 9.17) is 0 Å². The largest absolute Gasteiger partial charge is 0.339 e. The molecule has 1 saturated carbocycles. The van der Waals surface area contributed by atoms with E-state index >= 15 is 0 Å². The van der Waals surface area contributed by atoms with E-state index in [-0.39, 0.29) is 30.2 Å². The van der Waals surface area contributed by atoms with Gasteiger partial charge >= 0.3 is 0 Å². The smallest absolute Gasteiger partial charge is 0.229 e. The lowest BCUT2D eigenvalue weighted by atomic mass is 10.1. The van der Waals surface area contributed by atoms with Crippen molar-refractivity contribution in [2.45, 2.75) is 52.0 Å². The van der Waals surface area contributed by atoms with Crippen molar-refractivity contribution in [3.8, 4) is 5.69 Å². The zero-order chi connectivity index (χ0) is 19.8. The summed E-state index contributed by atoms with van der Waals surface area (Å²) < 4.78 is 16.2. The summed E-state index contributed by atoms with van der Waals surface area (Å²) in [5.74, 6) is -1.02. The molecule has 2 amide bonds. The zero-order valence-corrected chi connectivity index (χ0v) is 16.2. The minimum Gasteiger partial charge on any atom is -0.339 e. The summed E-state index contributed by atoms with van der Waals surface area (Å²) in [7, 11) is 0. The van der Waals surface area contributed by atoms with Crippen LogP contribution < -0.4 is 5.32 Å². The molecule has 1 N–H and O–H groups in total. The number of halogens is 1. The number of hydrogen-bond acceptors (Lipinski definition) is 3. The van der Waals surface area contributed by atoms with Crippen molar-refractivity contribution < 1.29 is 14.0 Å². The second kappa shape index (κ2) is 7.37. The van der Waals surface area contributed by atoms with Crippen molar-refractivity contribution in [2.24, 2.45) is 5.92 Å². The topological polar surface area (TPSA) is 67.2 Å². The number of anilines is 1. The lowest BCUT2D eigenvalue weighted by Gasteiger charge is -2.23. The number of carbonyl (C=O) groups is 2. The zero-order valence-electron chi connectivity index (χ0n) is 16.2. The van der Waals surface area contributed by atoms with Crippen LogP contribution in [0.5, 0.6) is 0 Å². The van der Waals surface area contributed by atoms with Crippen LogP contribution in [0.15, 0.2) is 24.3 Å². The normalized spacial score (nSPS) is 20.2. The summed E-state index contributed by atoms with van der Waals surface area (Å²) in [5.41, 5.74) is 2.38. The molecule has 4 rings (SSSR count). The standard InChI is InChI=1S/C21H25FN4O2/c1-13-9-14(2)26(24-13)19-8-7-16(11-18(19)22)23-21(28)15-10-20(27)25(12-15)17-5-3-4-6-17/h7-9,11,15,17H,3-6,10,12H2,1-2H3,(H,23,28). The molecule has 0 radical (unpaired) electrons. The fourth-order valence-corrected chi connectivity index (χ4v) is 4.35. The van der Waals surface area contributed by atoms with Crippen LogP contribution in [-0.4, -0.2) is 39.1 Å². The highest BCUT2D eigenvalue weighted by Gasteiger charge is 2.38. The van der Waals surface area contributed by atoms with E-state index < -0.39 is 5.82 Å². The number of carbonyl (C=O) groups excluding carboxylic acids is 2. The molecule has 1 unspecified atom stereocenters. The van der Waals surface area contributed by atoms with Crippen LogP contribution in [-0.2, 0) is 9.59 Å². The Morgan fingerprint density at radius 1 is 1.21 bits per heavy atom. The van der Waals surface area contributed by atoms with E-state index in [0.717, 1.165) is 37.1 Å². The van der Waals surface area contributed by atoms with Crippen molar-refractivity contribution in [2.75, 3.05) is 11.9 Å². The van der Waals surface area contributed by atoms with Crippen molar-refractivity contribution in [3.05, 3.63) is 41.5 Å². The fourth-order valence-electron chi connectivity index (χ4n) is 4.35. The molecule has 6 nitrogen and oxygen atoms in total. The van der Waals surface area contributed by atoms with E-state index in [1.807, 2.05) is 24.8 Å². The molecule has 28 heavy (non-hydrogen) atoms. The number of rotatable bonds is 4. The van der Waals surface area contributed by atoms with Gasteiger partial charge in [-0.2, -0.15) is 5.10 Å². The summed E-state index contributed by atoms with van der Waals surface area (Å²) in [6.45, 7) is 4.18. The summed E-state index contributed by atoms with van der Waals surface area (Å²) in [6, 6.07) is 6.73. The molecule has 2 heterocycles. The van der Waals surface area contributed by atoms with E-state index in [1.54, 1.807) is 16.8 Å². The molecule has 1 aliphatic carbocycles. The van der Waals surface area contributed by atoms with Gasteiger partial charge in [0.2, 0.25) is 11.8 Å². The second-order valence-electron chi connectivity index (χ2n) is 7.88. The lowest BCUT2D eigenvalue weighted by Crippen LogP contribution is -2.35. The van der Waals surface area contributed by atoms with Crippen LogP contribution in [0.1, 0.15) is 43.5 Å². The van der Waals surface area contributed by atoms with Crippen LogP contribution >= 0.6 is 0 Å². The lowest BCUT2D eigenvalue weighted by molar-refractivity contribution is -0.129. The number of aromatic nitrogens is 2. The molecule has 7 heteroatoms. The first-order valence-corrected chi connectivity index (χ1v) is 9.86. The molecule has 1 aliphatic heterocycles. The molecule has 2 aromatic rings. The van der Waals surface area contributed by atoms with Crippen molar-refractivity contribution in [1.29, 1.82) is 0 Å². The predicted octanol–water partition coefficient (Wildman–Crippen LogP) is 3.36. The number of nitrogens with zero attached hydrogens (tertiary/aromatic N) is 3. The third-order valence-electron chi connectivity index (χ3n) is 5.75. The maximum Gasteiger partial charge on any atom is 0.229 e. The molecule has 0 spiro atoms. The maximum atomic E-state index is 14.6. The van der Waals surface area contributed by atoms with Crippen molar-refractivity contribution in [3.63, 3.8) is 0 Å². The van der Waals surface area contributed by atoms with Gasteiger partial charge in [-0.05, 0) is 51.0 Å². The predicted molar refractivity (Wildman–Crippen MR) is 104 cm³/mol. The van der Waals surface area contributed by atoms with E-state index in [1.165, 1.54) is 6.07 Å². The number of hydrogen-bond donors (Lipinski definition) is 1.